The Labute approximate surface area is 223 Å². The number of rotatable bonds is 12. The quantitative estimate of drug-likeness (QED) is 0.293. The van der Waals surface area contributed by atoms with Crippen LogP contribution in [0.4, 0.5) is 0 Å². The topological polar surface area (TPSA) is 105 Å². The molecule has 2 aromatic heterocycles. The van der Waals surface area contributed by atoms with Gasteiger partial charge in [-0.25, -0.2) is 13.4 Å². The molecule has 0 aliphatic heterocycles. The Kier molecular flexibility index (Phi) is 9.80. The number of thiazole rings is 1. The number of nitrogens with one attached hydrogen (secondary N) is 1. The SMILES string of the molecule is CC=N/C=C(\C)CC(NS(=O)(=O)c1ccc2occc2c1)C(=O)N(Cc1csc(C(C)C)n1)CC(C)C. The maximum Gasteiger partial charge on any atom is 0.241 e. The normalized spacial score (nSPS) is 13.8. The first-order chi connectivity index (χ1) is 17.5. The summed E-state index contributed by atoms with van der Waals surface area (Å²) in [5, 5.41) is 3.65. The summed E-state index contributed by atoms with van der Waals surface area (Å²) in [7, 11) is -4.00. The monoisotopic (exact) mass is 544 g/mol. The zero-order chi connectivity index (χ0) is 27.2. The van der Waals surface area contributed by atoms with E-state index >= 15 is 0 Å². The zero-order valence-electron chi connectivity index (χ0n) is 22.3. The first-order valence-electron chi connectivity index (χ1n) is 12.4. The standard InChI is InChI=1S/C27H36N4O4S2/c1-7-28-14-20(6)12-24(30-37(33,34)23-8-9-25-21(13-23)10-11-35-25)27(32)31(15-18(2)3)16-22-17-36-26(29-22)19(4)5/h7-11,13-14,17-19,24,30H,12,15-16H2,1-6H3/b20-14+,28-7?. The van der Waals surface area contributed by atoms with Crippen molar-refractivity contribution in [2.24, 2.45) is 10.9 Å². The molecular formula is C27H36N4O4S2. The highest BCUT2D eigenvalue weighted by Gasteiger charge is 2.30. The van der Waals surface area contributed by atoms with E-state index in [1.165, 1.54) is 12.3 Å². The predicted octanol–water partition coefficient (Wildman–Crippen LogP) is 5.73. The highest BCUT2D eigenvalue weighted by molar-refractivity contribution is 7.89. The van der Waals surface area contributed by atoms with E-state index in [1.807, 2.05) is 26.2 Å². The molecule has 0 saturated heterocycles. The van der Waals surface area contributed by atoms with E-state index < -0.39 is 16.1 Å². The molecule has 1 amide bonds. The van der Waals surface area contributed by atoms with E-state index in [0.717, 1.165) is 16.3 Å². The number of aromatic nitrogens is 1. The Morgan fingerprint density at radius 2 is 2.00 bits per heavy atom. The summed E-state index contributed by atoms with van der Waals surface area (Å²) in [5.74, 6) is 0.190. The van der Waals surface area contributed by atoms with Crippen LogP contribution in [0.5, 0.6) is 0 Å². The van der Waals surface area contributed by atoms with E-state index in [0.29, 0.717) is 30.0 Å². The van der Waals surface area contributed by atoms with Crippen LogP contribution in [-0.2, 0) is 21.4 Å². The minimum Gasteiger partial charge on any atom is -0.464 e. The van der Waals surface area contributed by atoms with E-state index in [2.05, 4.69) is 23.6 Å². The minimum absolute atomic E-state index is 0.0731. The van der Waals surface area contributed by atoms with Gasteiger partial charge >= 0.3 is 0 Å². The van der Waals surface area contributed by atoms with Crippen molar-refractivity contribution in [3.8, 4) is 0 Å². The Hall–Kier alpha value is -2.82. The number of benzene rings is 1. The van der Waals surface area contributed by atoms with Crippen LogP contribution in [0.25, 0.3) is 11.0 Å². The van der Waals surface area contributed by atoms with Crippen molar-refractivity contribution in [1.82, 2.24) is 14.6 Å². The van der Waals surface area contributed by atoms with Crippen LogP contribution < -0.4 is 4.72 Å². The van der Waals surface area contributed by atoms with Gasteiger partial charge in [0, 0.05) is 35.6 Å². The van der Waals surface area contributed by atoms with Crippen LogP contribution in [0.2, 0.25) is 0 Å². The molecular weight excluding hydrogens is 508 g/mol. The Morgan fingerprint density at radius 3 is 2.65 bits per heavy atom. The van der Waals surface area contributed by atoms with Gasteiger partial charge in [0.1, 0.15) is 11.6 Å². The molecule has 8 nitrogen and oxygen atoms in total. The summed E-state index contributed by atoms with van der Waals surface area (Å²) in [4.78, 5) is 24.5. The smallest absolute Gasteiger partial charge is 0.241 e. The van der Waals surface area contributed by atoms with Crippen LogP contribution in [0.1, 0.15) is 64.6 Å². The highest BCUT2D eigenvalue weighted by atomic mass is 32.2. The Bertz CT molecular complexity index is 1370. The van der Waals surface area contributed by atoms with Gasteiger partial charge in [-0.05, 0) is 50.5 Å². The van der Waals surface area contributed by atoms with Crippen molar-refractivity contribution in [3.63, 3.8) is 0 Å². The Balaban J connectivity index is 1.93. The number of hydrogen-bond donors (Lipinski definition) is 1. The summed E-state index contributed by atoms with van der Waals surface area (Å²) in [6.07, 6.45) is 4.99. The number of hydrogen-bond acceptors (Lipinski definition) is 7. The largest absolute Gasteiger partial charge is 0.464 e. The lowest BCUT2D eigenvalue weighted by Crippen LogP contribution is -2.49. The van der Waals surface area contributed by atoms with Crippen molar-refractivity contribution in [2.45, 2.75) is 71.4 Å². The first-order valence-corrected chi connectivity index (χ1v) is 14.7. The van der Waals surface area contributed by atoms with Gasteiger partial charge in [0.2, 0.25) is 15.9 Å². The predicted molar refractivity (Wildman–Crippen MR) is 149 cm³/mol. The third-order valence-corrected chi connectivity index (χ3v) is 8.28. The van der Waals surface area contributed by atoms with E-state index in [4.69, 9.17) is 9.40 Å². The van der Waals surface area contributed by atoms with Crippen molar-refractivity contribution < 1.29 is 17.6 Å². The van der Waals surface area contributed by atoms with Crippen LogP contribution in [0.15, 0.2) is 62.0 Å². The Morgan fingerprint density at radius 1 is 1.24 bits per heavy atom. The molecule has 1 aromatic carbocycles. The number of nitrogens with zero attached hydrogens (tertiary/aromatic N) is 3. The molecule has 1 unspecified atom stereocenters. The lowest BCUT2D eigenvalue weighted by atomic mass is 10.1. The maximum atomic E-state index is 13.9. The number of sulfonamides is 1. The van der Waals surface area contributed by atoms with Gasteiger partial charge in [0.15, 0.2) is 0 Å². The number of fused-ring (bicyclic) bond motifs is 1. The molecule has 1 atom stereocenters. The van der Waals surface area contributed by atoms with Crippen LogP contribution in [0, 0.1) is 5.92 Å². The number of furan rings is 1. The average molecular weight is 545 g/mol. The third-order valence-electron chi connectivity index (χ3n) is 5.61. The zero-order valence-corrected chi connectivity index (χ0v) is 23.9. The van der Waals surface area contributed by atoms with E-state index in [1.54, 1.807) is 53.8 Å². The van der Waals surface area contributed by atoms with Gasteiger partial charge < -0.3 is 9.32 Å². The van der Waals surface area contributed by atoms with Gasteiger partial charge in [0.25, 0.3) is 0 Å². The summed E-state index contributed by atoms with van der Waals surface area (Å²) >= 11 is 1.57. The highest BCUT2D eigenvalue weighted by Crippen LogP contribution is 2.23. The lowest BCUT2D eigenvalue weighted by Gasteiger charge is -2.29. The van der Waals surface area contributed by atoms with Crippen molar-refractivity contribution >= 4 is 44.5 Å². The van der Waals surface area contributed by atoms with E-state index in [-0.39, 0.29) is 23.1 Å². The number of aliphatic imine (C=N–C) groups is 1. The van der Waals surface area contributed by atoms with Gasteiger partial charge in [-0.2, -0.15) is 4.72 Å². The molecule has 3 aromatic rings. The third kappa shape index (κ3) is 7.83. The molecule has 10 heteroatoms. The molecule has 0 fully saturated rings. The molecule has 0 saturated carbocycles. The molecule has 0 bridgehead atoms. The fourth-order valence-corrected chi connectivity index (χ4v) is 5.92. The minimum atomic E-state index is -4.00. The molecule has 2 heterocycles. The van der Waals surface area contributed by atoms with E-state index in [9.17, 15) is 13.2 Å². The number of amides is 1. The molecule has 200 valence electrons. The second-order valence-corrected chi connectivity index (χ2v) is 12.4. The molecule has 0 aliphatic rings. The van der Waals surface area contributed by atoms with Crippen LogP contribution in [0.3, 0.4) is 0 Å². The molecule has 0 spiro atoms. The molecule has 0 radical (unpaired) electrons. The number of carbonyl (C=O) groups is 1. The molecule has 1 N–H and O–H groups in total. The summed E-state index contributed by atoms with van der Waals surface area (Å²) < 4.78 is 34.8. The van der Waals surface area contributed by atoms with Crippen LogP contribution >= 0.6 is 11.3 Å². The average Bonchev–Trinajstić information content (AvgIpc) is 3.50. The molecule has 3 rings (SSSR count). The van der Waals surface area contributed by atoms with Crippen molar-refractivity contribution in [1.29, 1.82) is 0 Å². The van der Waals surface area contributed by atoms with Gasteiger partial charge in [0.05, 0.1) is 28.4 Å². The second kappa shape index (κ2) is 12.6. The van der Waals surface area contributed by atoms with Gasteiger partial charge in [-0.1, -0.05) is 33.3 Å². The number of carbonyl (C=O) groups excluding carboxylic acids is 1. The summed E-state index contributed by atoms with van der Waals surface area (Å²) in [6, 6.07) is 5.34. The van der Waals surface area contributed by atoms with Gasteiger partial charge in [-0.3, -0.25) is 9.79 Å². The summed E-state index contributed by atoms with van der Waals surface area (Å²) in [6.45, 7) is 12.6. The van der Waals surface area contributed by atoms with Crippen molar-refractivity contribution in [2.75, 3.05) is 6.54 Å². The molecule has 37 heavy (non-hydrogen) atoms. The second-order valence-electron chi connectivity index (χ2n) is 9.83. The van der Waals surface area contributed by atoms with Crippen molar-refractivity contribution in [3.05, 3.63) is 58.4 Å². The van der Waals surface area contributed by atoms with Crippen LogP contribution in [-0.4, -0.2) is 43.0 Å². The fraction of sp³-hybridized carbons (Fsp3) is 0.444. The lowest BCUT2D eigenvalue weighted by molar-refractivity contribution is -0.134. The molecule has 0 aliphatic carbocycles. The maximum absolute atomic E-state index is 13.9. The first kappa shape index (κ1) is 28.7. The fourth-order valence-electron chi connectivity index (χ4n) is 3.87. The van der Waals surface area contributed by atoms with Gasteiger partial charge in [-0.15, -0.1) is 11.3 Å². The summed E-state index contributed by atoms with van der Waals surface area (Å²) in [5.41, 5.74) is 2.18.